The largest absolute Gasteiger partial charge is 0.402 e. The molecule has 5 rings (SSSR count). The number of likely N-dealkylation sites (tertiary alicyclic amines) is 1. The average Bonchev–Trinajstić information content (AvgIpc) is 3.39. The van der Waals surface area contributed by atoms with Gasteiger partial charge in [0.15, 0.2) is 0 Å². The van der Waals surface area contributed by atoms with Crippen molar-refractivity contribution in [2.24, 2.45) is 17.4 Å². The van der Waals surface area contributed by atoms with Gasteiger partial charge in [0, 0.05) is 41.9 Å². The zero-order chi connectivity index (χ0) is 25.6. The molecule has 2 aromatic carbocycles. The predicted octanol–water partition coefficient (Wildman–Crippen LogP) is 3.52. The molecule has 3 aromatic rings. The summed E-state index contributed by atoms with van der Waals surface area (Å²) in [6.07, 6.45) is 2.41. The van der Waals surface area contributed by atoms with Gasteiger partial charge in [0.1, 0.15) is 11.9 Å². The van der Waals surface area contributed by atoms with E-state index in [1.165, 1.54) is 27.8 Å². The number of amides is 4. The number of hydrogen-bond donors (Lipinski definition) is 4. The first-order valence-electron chi connectivity index (χ1n) is 11.4. The Morgan fingerprint density at radius 3 is 2.69 bits per heavy atom. The number of halogens is 2. The van der Waals surface area contributed by atoms with Crippen LogP contribution in [0.2, 0.25) is 5.02 Å². The molecule has 1 unspecified atom stereocenters. The molecule has 1 aliphatic carbocycles. The molecule has 0 saturated carbocycles. The second-order valence-electron chi connectivity index (χ2n) is 8.87. The summed E-state index contributed by atoms with van der Waals surface area (Å²) in [5, 5.41) is 6.15. The molecule has 4 amide bonds. The first kappa shape index (κ1) is 23.7. The SMILES string of the molecule is NC(=O)n1cc(NC(=O)N2CC3C(N)=C3CC[C@H]2C(=O)NCc2cccc(Cl)c2F)c2ccccc21. The van der Waals surface area contributed by atoms with Crippen molar-refractivity contribution >= 4 is 46.2 Å². The number of rotatable bonds is 4. The van der Waals surface area contributed by atoms with E-state index in [0.29, 0.717) is 29.4 Å². The molecule has 1 aromatic heterocycles. The van der Waals surface area contributed by atoms with Gasteiger partial charge in [-0.1, -0.05) is 41.9 Å². The van der Waals surface area contributed by atoms with Crippen LogP contribution in [0.15, 0.2) is 59.9 Å². The van der Waals surface area contributed by atoms with Crippen LogP contribution in [-0.4, -0.2) is 40.0 Å². The van der Waals surface area contributed by atoms with E-state index in [4.69, 9.17) is 23.1 Å². The summed E-state index contributed by atoms with van der Waals surface area (Å²) in [6.45, 7) is 0.169. The van der Waals surface area contributed by atoms with E-state index in [1.807, 2.05) is 0 Å². The van der Waals surface area contributed by atoms with Crippen molar-refractivity contribution in [3.63, 3.8) is 0 Å². The lowest BCUT2D eigenvalue weighted by atomic mass is 10.1. The van der Waals surface area contributed by atoms with Crippen LogP contribution in [0.25, 0.3) is 10.9 Å². The fourth-order valence-corrected chi connectivity index (χ4v) is 4.97. The van der Waals surface area contributed by atoms with Crippen molar-refractivity contribution in [1.82, 2.24) is 14.8 Å². The fraction of sp³-hybridized carbons (Fsp3) is 0.240. The van der Waals surface area contributed by atoms with Crippen LogP contribution >= 0.6 is 11.6 Å². The number of nitrogens with one attached hydrogen (secondary N) is 2. The Balaban J connectivity index is 1.38. The highest BCUT2D eigenvalue weighted by atomic mass is 35.5. The Morgan fingerprint density at radius 1 is 1.14 bits per heavy atom. The van der Waals surface area contributed by atoms with Gasteiger partial charge in [-0.3, -0.25) is 9.36 Å². The van der Waals surface area contributed by atoms with Gasteiger partial charge in [-0.05, 0) is 30.5 Å². The van der Waals surface area contributed by atoms with Crippen LogP contribution in [0.5, 0.6) is 0 Å². The summed E-state index contributed by atoms with van der Waals surface area (Å²) < 4.78 is 15.5. The van der Waals surface area contributed by atoms with Gasteiger partial charge in [0.05, 0.1) is 16.2 Å². The third-order valence-corrected chi connectivity index (χ3v) is 7.06. The van der Waals surface area contributed by atoms with Crippen molar-refractivity contribution in [1.29, 1.82) is 0 Å². The molecule has 2 heterocycles. The summed E-state index contributed by atoms with van der Waals surface area (Å²) in [4.78, 5) is 40.0. The highest BCUT2D eigenvalue weighted by molar-refractivity contribution is 6.30. The maximum Gasteiger partial charge on any atom is 0.323 e. The Morgan fingerprint density at radius 2 is 1.92 bits per heavy atom. The number of primary amides is 1. The molecule has 36 heavy (non-hydrogen) atoms. The quantitative estimate of drug-likeness (QED) is 0.427. The Hall–Kier alpha value is -4.05. The number of para-hydroxylation sites is 1. The van der Waals surface area contributed by atoms with E-state index in [2.05, 4.69) is 10.6 Å². The zero-order valence-electron chi connectivity index (χ0n) is 19.1. The maximum atomic E-state index is 14.3. The minimum absolute atomic E-state index is 0.0326. The third kappa shape index (κ3) is 4.24. The summed E-state index contributed by atoms with van der Waals surface area (Å²) in [7, 11) is 0. The number of carbonyl (C=O) groups excluding carboxylic acids is 3. The topological polar surface area (TPSA) is 135 Å². The minimum atomic E-state index is -0.801. The molecular weight excluding hydrogens is 487 g/mol. The monoisotopic (exact) mass is 510 g/mol. The molecule has 1 aliphatic heterocycles. The molecule has 2 atom stereocenters. The van der Waals surface area contributed by atoms with Crippen LogP contribution in [0.4, 0.5) is 19.7 Å². The highest BCUT2D eigenvalue weighted by Crippen LogP contribution is 2.43. The van der Waals surface area contributed by atoms with E-state index in [9.17, 15) is 18.8 Å². The Bertz CT molecular complexity index is 1430. The molecule has 0 bridgehead atoms. The molecule has 186 valence electrons. The average molecular weight is 511 g/mol. The van der Waals surface area contributed by atoms with Crippen molar-refractivity contribution in [2.75, 3.05) is 11.9 Å². The van der Waals surface area contributed by atoms with Crippen molar-refractivity contribution in [2.45, 2.75) is 25.4 Å². The van der Waals surface area contributed by atoms with Crippen molar-refractivity contribution in [3.05, 3.63) is 76.3 Å². The van der Waals surface area contributed by atoms with E-state index < -0.39 is 29.8 Å². The molecule has 2 aliphatic rings. The predicted molar refractivity (Wildman–Crippen MR) is 134 cm³/mol. The van der Waals surface area contributed by atoms with Gasteiger partial charge in [0.25, 0.3) is 0 Å². The van der Waals surface area contributed by atoms with Crippen LogP contribution in [0.3, 0.4) is 0 Å². The third-order valence-electron chi connectivity index (χ3n) is 6.77. The minimum Gasteiger partial charge on any atom is -0.402 e. The van der Waals surface area contributed by atoms with E-state index in [0.717, 1.165) is 11.3 Å². The lowest BCUT2D eigenvalue weighted by Gasteiger charge is -2.30. The van der Waals surface area contributed by atoms with Gasteiger partial charge >= 0.3 is 12.1 Å². The van der Waals surface area contributed by atoms with E-state index in [1.54, 1.807) is 30.3 Å². The molecule has 9 nitrogen and oxygen atoms in total. The summed E-state index contributed by atoms with van der Waals surface area (Å²) in [5.41, 5.74) is 14.5. The van der Waals surface area contributed by atoms with E-state index in [-0.39, 0.29) is 29.6 Å². The van der Waals surface area contributed by atoms with Crippen LogP contribution in [0, 0.1) is 11.7 Å². The summed E-state index contributed by atoms with van der Waals surface area (Å²) in [5.74, 6) is -1.07. The zero-order valence-corrected chi connectivity index (χ0v) is 19.9. The standard InChI is InChI=1S/C25H24ClFN6O3/c26-17-6-3-4-13(21(17)27)10-30-23(34)20-9-8-14-16(22(14)28)11-33(20)25(36)31-18-12-32(24(29)35)19-7-2-1-5-15(18)19/h1-7,12,16,20H,8-11,28H2,(H2,29,35)(H,30,34)(H,31,36)/t16?,20-/m0/s1. The second-order valence-corrected chi connectivity index (χ2v) is 9.28. The van der Waals surface area contributed by atoms with Crippen molar-refractivity contribution in [3.8, 4) is 0 Å². The van der Waals surface area contributed by atoms with Gasteiger partial charge in [-0.2, -0.15) is 0 Å². The molecule has 6 N–H and O–H groups in total. The lowest BCUT2D eigenvalue weighted by Crippen LogP contribution is -2.51. The summed E-state index contributed by atoms with van der Waals surface area (Å²) >= 11 is 5.84. The van der Waals surface area contributed by atoms with Crippen LogP contribution < -0.4 is 22.1 Å². The lowest BCUT2D eigenvalue weighted by molar-refractivity contribution is -0.125. The number of carbonyl (C=O) groups is 3. The van der Waals surface area contributed by atoms with Gasteiger partial charge < -0.3 is 27.0 Å². The number of nitrogens with two attached hydrogens (primary N) is 2. The van der Waals surface area contributed by atoms with Gasteiger partial charge in [-0.15, -0.1) is 0 Å². The molecular formula is C25H24ClFN6O3. The van der Waals surface area contributed by atoms with Gasteiger partial charge in [-0.25, -0.2) is 14.0 Å². The van der Waals surface area contributed by atoms with Gasteiger partial charge in [0.2, 0.25) is 5.91 Å². The molecule has 11 heteroatoms. The van der Waals surface area contributed by atoms with Crippen molar-refractivity contribution < 1.29 is 18.8 Å². The van der Waals surface area contributed by atoms with Crippen LogP contribution in [0.1, 0.15) is 18.4 Å². The Labute approximate surface area is 210 Å². The van der Waals surface area contributed by atoms with Crippen LogP contribution in [-0.2, 0) is 11.3 Å². The normalized spacial score (nSPS) is 19.0. The fourth-order valence-electron chi connectivity index (χ4n) is 4.77. The molecule has 1 fully saturated rings. The smallest absolute Gasteiger partial charge is 0.323 e. The number of anilines is 1. The number of urea groups is 1. The number of hydrogen-bond acceptors (Lipinski definition) is 4. The number of aromatic nitrogens is 1. The highest BCUT2D eigenvalue weighted by Gasteiger charge is 2.44. The molecule has 1 saturated heterocycles. The summed E-state index contributed by atoms with van der Waals surface area (Å²) in [6, 6.07) is 9.57. The Kier molecular flexibility index (Phi) is 6.05. The van der Waals surface area contributed by atoms with E-state index >= 15 is 0 Å². The number of benzene rings is 2. The first-order valence-corrected chi connectivity index (χ1v) is 11.8. The molecule has 0 radical (unpaired) electrons. The number of fused-ring (bicyclic) bond motifs is 2. The first-order chi connectivity index (χ1) is 17.3. The second kappa shape index (κ2) is 9.19. The maximum absolute atomic E-state index is 14.3. The number of nitrogens with zero attached hydrogens (tertiary/aromatic N) is 2. The molecule has 0 spiro atoms.